The number of rotatable bonds is 3. The van der Waals surface area contributed by atoms with Gasteiger partial charge in [0, 0.05) is 5.56 Å². The van der Waals surface area contributed by atoms with Crippen molar-refractivity contribution in [3.8, 4) is 0 Å². The molecule has 1 spiro atoms. The van der Waals surface area contributed by atoms with E-state index >= 15 is 0 Å². The zero-order valence-electron chi connectivity index (χ0n) is 15.7. The fraction of sp³-hybridized carbons (Fsp3) is 0.240. The third kappa shape index (κ3) is 2.29. The van der Waals surface area contributed by atoms with Crippen LogP contribution in [0.25, 0.3) is 0 Å². The molecule has 3 aromatic rings. The van der Waals surface area contributed by atoms with Crippen molar-refractivity contribution < 1.29 is 9.90 Å². The van der Waals surface area contributed by atoms with Gasteiger partial charge in [0.1, 0.15) is 0 Å². The number of aryl methyl sites for hydroxylation is 1. The Morgan fingerprint density at radius 2 is 1.57 bits per heavy atom. The standard InChI is InChI=1S/C25H23NO2/c27-17-23(19-10-2-1-3-11-19)26-24(28)20-13-5-7-15-22(20)25(26)16-8-12-18-9-4-6-14-21(18)25/h1-7,9-11,13-15,23,27H,8,12,16-17H2/t23-,25-/m0/s1. The van der Waals surface area contributed by atoms with Gasteiger partial charge < -0.3 is 10.0 Å². The van der Waals surface area contributed by atoms with E-state index in [1.54, 1.807) is 0 Å². The number of hydrogen-bond donors (Lipinski definition) is 1. The molecule has 3 aromatic carbocycles. The molecule has 1 aliphatic heterocycles. The van der Waals surface area contributed by atoms with Crippen molar-refractivity contribution in [1.82, 2.24) is 4.90 Å². The lowest BCUT2D eigenvalue weighted by Crippen LogP contribution is -2.49. The Morgan fingerprint density at radius 3 is 2.36 bits per heavy atom. The maximum Gasteiger partial charge on any atom is 0.255 e. The van der Waals surface area contributed by atoms with E-state index in [0.717, 1.165) is 36.0 Å². The van der Waals surface area contributed by atoms with Crippen molar-refractivity contribution in [1.29, 1.82) is 0 Å². The summed E-state index contributed by atoms with van der Waals surface area (Å²) in [4.78, 5) is 15.6. The number of fused-ring (bicyclic) bond motifs is 4. The molecule has 2 atom stereocenters. The van der Waals surface area contributed by atoms with E-state index in [9.17, 15) is 9.90 Å². The van der Waals surface area contributed by atoms with Crippen molar-refractivity contribution in [3.05, 3.63) is 107 Å². The molecule has 0 aromatic heterocycles. The summed E-state index contributed by atoms with van der Waals surface area (Å²) < 4.78 is 0. The average molecular weight is 369 g/mol. The predicted molar refractivity (Wildman–Crippen MR) is 109 cm³/mol. The fourth-order valence-corrected chi connectivity index (χ4v) is 5.22. The summed E-state index contributed by atoms with van der Waals surface area (Å²) in [6.07, 6.45) is 2.91. The number of aliphatic hydroxyl groups is 1. The van der Waals surface area contributed by atoms with Crippen molar-refractivity contribution in [3.63, 3.8) is 0 Å². The average Bonchev–Trinajstić information content (AvgIpc) is 3.00. The fourth-order valence-electron chi connectivity index (χ4n) is 5.22. The maximum atomic E-state index is 13.7. The Bertz CT molecular complexity index is 1030. The summed E-state index contributed by atoms with van der Waals surface area (Å²) in [5.41, 5.74) is 4.77. The highest BCUT2D eigenvalue weighted by molar-refractivity contribution is 6.01. The van der Waals surface area contributed by atoms with Gasteiger partial charge in [-0.05, 0) is 47.6 Å². The van der Waals surface area contributed by atoms with Crippen LogP contribution in [-0.2, 0) is 12.0 Å². The number of carbonyl (C=O) groups is 1. The lowest BCUT2D eigenvalue weighted by atomic mass is 9.71. The second-order valence-electron chi connectivity index (χ2n) is 7.70. The van der Waals surface area contributed by atoms with Crippen LogP contribution < -0.4 is 0 Å². The zero-order chi connectivity index (χ0) is 19.1. The molecule has 0 radical (unpaired) electrons. The molecule has 0 unspecified atom stereocenters. The molecule has 0 saturated carbocycles. The minimum Gasteiger partial charge on any atom is -0.394 e. The quantitative estimate of drug-likeness (QED) is 0.741. The molecule has 3 heteroatoms. The first-order chi connectivity index (χ1) is 13.8. The van der Waals surface area contributed by atoms with Crippen LogP contribution >= 0.6 is 0 Å². The molecule has 0 saturated heterocycles. The monoisotopic (exact) mass is 369 g/mol. The van der Waals surface area contributed by atoms with Crippen LogP contribution in [0.1, 0.15) is 51.5 Å². The van der Waals surface area contributed by atoms with Gasteiger partial charge in [0.25, 0.3) is 5.91 Å². The van der Waals surface area contributed by atoms with Crippen LogP contribution in [-0.4, -0.2) is 22.5 Å². The Labute approximate surface area is 165 Å². The second-order valence-corrected chi connectivity index (χ2v) is 7.70. The number of benzene rings is 3. The lowest BCUT2D eigenvalue weighted by molar-refractivity contribution is 0.0293. The van der Waals surface area contributed by atoms with Gasteiger partial charge in [-0.1, -0.05) is 72.8 Å². The van der Waals surface area contributed by atoms with Gasteiger partial charge in [-0.2, -0.15) is 0 Å². The van der Waals surface area contributed by atoms with Crippen LogP contribution in [0.3, 0.4) is 0 Å². The van der Waals surface area contributed by atoms with Crippen molar-refractivity contribution in [2.24, 2.45) is 0 Å². The highest BCUT2D eigenvalue weighted by atomic mass is 16.3. The normalized spacial score (nSPS) is 21.5. The van der Waals surface area contributed by atoms with Crippen molar-refractivity contribution >= 4 is 5.91 Å². The van der Waals surface area contributed by atoms with Crippen LogP contribution in [0.15, 0.2) is 78.9 Å². The van der Waals surface area contributed by atoms with E-state index in [1.807, 2.05) is 53.4 Å². The molecule has 140 valence electrons. The van der Waals surface area contributed by atoms with E-state index in [2.05, 4.69) is 30.3 Å². The van der Waals surface area contributed by atoms with Crippen molar-refractivity contribution in [2.45, 2.75) is 30.8 Å². The number of carbonyl (C=O) groups excluding carboxylic acids is 1. The number of nitrogens with zero attached hydrogens (tertiary/aromatic N) is 1. The van der Waals surface area contributed by atoms with Gasteiger partial charge in [0.15, 0.2) is 0 Å². The summed E-state index contributed by atoms with van der Waals surface area (Å²) in [6.45, 7) is -0.104. The Morgan fingerprint density at radius 1 is 0.893 bits per heavy atom. The molecular weight excluding hydrogens is 346 g/mol. The number of amides is 1. The first-order valence-corrected chi connectivity index (χ1v) is 9.95. The van der Waals surface area contributed by atoms with Crippen LogP contribution in [0.4, 0.5) is 0 Å². The molecular formula is C25H23NO2. The molecule has 1 aliphatic carbocycles. The molecule has 0 fully saturated rings. The SMILES string of the molecule is O=C1c2ccccc2[C@@]2(CCCc3ccccc32)N1[C@@H](CO)c1ccccc1. The molecule has 1 amide bonds. The minimum atomic E-state index is -0.522. The summed E-state index contributed by atoms with van der Waals surface area (Å²) >= 11 is 0. The van der Waals surface area contributed by atoms with Gasteiger partial charge in [0.05, 0.1) is 18.2 Å². The maximum absolute atomic E-state index is 13.7. The van der Waals surface area contributed by atoms with E-state index in [-0.39, 0.29) is 18.6 Å². The smallest absolute Gasteiger partial charge is 0.255 e. The summed E-state index contributed by atoms with van der Waals surface area (Å²) in [6, 6.07) is 26.0. The van der Waals surface area contributed by atoms with Gasteiger partial charge in [0.2, 0.25) is 0 Å². The molecule has 2 aliphatic rings. The van der Waals surface area contributed by atoms with Gasteiger partial charge in [-0.15, -0.1) is 0 Å². The Hall–Kier alpha value is -2.91. The molecule has 5 rings (SSSR count). The first-order valence-electron chi connectivity index (χ1n) is 9.95. The second kappa shape index (κ2) is 6.61. The predicted octanol–water partition coefficient (Wildman–Crippen LogP) is 4.46. The van der Waals surface area contributed by atoms with Gasteiger partial charge >= 0.3 is 0 Å². The summed E-state index contributed by atoms with van der Waals surface area (Å²) in [7, 11) is 0. The van der Waals surface area contributed by atoms with Crippen molar-refractivity contribution in [2.75, 3.05) is 6.61 Å². The van der Waals surface area contributed by atoms with Gasteiger partial charge in [-0.3, -0.25) is 4.79 Å². The molecule has 1 heterocycles. The third-order valence-corrected chi connectivity index (χ3v) is 6.35. The number of aliphatic hydroxyl groups excluding tert-OH is 1. The Balaban J connectivity index is 1.79. The largest absolute Gasteiger partial charge is 0.394 e. The Kier molecular flexibility index (Phi) is 4.06. The number of hydrogen-bond acceptors (Lipinski definition) is 2. The highest BCUT2D eigenvalue weighted by Crippen LogP contribution is 2.53. The zero-order valence-corrected chi connectivity index (χ0v) is 15.7. The van der Waals surface area contributed by atoms with Crippen LogP contribution in [0, 0.1) is 0 Å². The molecule has 28 heavy (non-hydrogen) atoms. The molecule has 0 bridgehead atoms. The van der Waals surface area contributed by atoms with E-state index < -0.39 is 5.54 Å². The lowest BCUT2D eigenvalue weighted by Gasteiger charge is -2.47. The molecule has 1 N–H and O–H groups in total. The van der Waals surface area contributed by atoms with Gasteiger partial charge in [-0.25, -0.2) is 0 Å². The molecule has 3 nitrogen and oxygen atoms in total. The van der Waals surface area contributed by atoms with E-state index in [1.165, 1.54) is 11.1 Å². The van der Waals surface area contributed by atoms with Crippen LogP contribution in [0.2, 0.25) is 0 Å². The van der Waals surface area contributed by atoms with E-state index in [0.29, 0.717) is 0 Å². The highest BCUT2D eigenvalue weighted by Gasteiger charge is 2.54. The van der Waals surface area contributed by atoms with Crippen LogP contribution in [0.5, 0.6) is 0 Å². The topological polar surface area (TPSA) is 40.5 Å². The summed E-state index contributed by atoms with van der Waals surface area (Å²) in [5.74, 6) is 0.00945. The van der Waals surface area contributed by atoms with E-state index in [4.69, 9.17) is 0 Å². The minimum absolute atomic E-state index is 0.00945. The third-order valence-electron chi connectivity index (χ3n) is 6.35. The first kappa shape index (κ1) is 17.2. The summed E-state index contributed by atoms with van der Waals surface area (Å²) in [5, 5.41) is 10.4.